The number of aliphatic hydroxyl groups excluding tert-OH is 1. The molecule has 0 rings (SSSR count). The molecule has 0 aliphatic rings. The Morgan fingerprint density at radius 1 is 1.50 bits per heavy atom. The molecule has 0 spiro atoms. The minimum absolute atomic E-state index is 0.167. The smallest absolute Gasteiger partial charge is 0.353 e. The minimum atomic E-state index is -0.167. The first-order chi connectivity index (χ1) is 2.73. The van der Waals surface area contributed by atoms with Crippen molar-refractivity contribution in [2.45, 2.75) is 20.0 Å². The van der Waals surface area contributed by atoms with Crippen molar-refractivity contribution in [3.05, 3.63) is 0 Å². The normalized spacial score (nSPS) is 6.83. The van der Waals surface area contributed by atoms with Gasteiger partial charge in [-0.2, -0.15) is 0 Å². The molecule has 0 unspecified atom stereocenters. The Labute approximate surface area is 50.9 Å². The SMILES string of the molecule is CC(C)O.[AlH2][Cl]. The fraction of sp³-hybridized carbons (Fsp3) is 1.00. The van der Waals surface area contributed by atoms with Crippen molar-refractivity contribution in [3.8, 4) is 0 Å². The zero-order valence-electron chi connectivity index (χ0n) is 4.40. The summed E-state index contributed by atoms with van der Waals surface area (Å²) in [4.78, 5) is 0. The Kier molecular flexibility index (Phi) is 15.3. The first-order valence-electron chi connectivity index (χ1n) is 1.79. The van der Waals surface area contributed by atoms with Crippen LogP contribution < -0.4 is 0 Å². The summed E-state index contributed by atoms with van der Waals surface area (Å²) in [6.07, 6.45) is -0.167. The van der Waals surface area contributed by atoms with E-state index in [2.05, 4.69) is 0 Å². The lowest BCUT2D eigenvalue weighted by Gasteiger charge is -1.80. The van der Waals surface area contributed by atoms with E-state index in [4.69, 9.17) is 15.2 Å². The van der Waals surface area contributed by atoms with E-state index in [9.17, 15) is 0 Å². The first-order valence-corrected chi connectivity index (χ1v) is 4.81. The molecule has 0 aromatic rings. The summed E-state index contributed by atoms with van der Waals surface area (Å²) in [6.45, 7) is 3.44. The molecule has 0 aliphatic heterocycles. The van der Waals surface area contributed by atoms with Gasteiger partial charge < -0.3 is 5.11 Å². The largest absolute Gasteiger partial charge is 0.394 e. The van der Waals surface area contributed by atoms with Gasteiger partial charge in [-0.05, 0) is 13.8 Å². The van der Waals surface area contributed by atoms with Crippen molar-refractivity contribution in [1.82, 2.24) is 0 Å². The summed E-state index contributed by atoms with van der Waals surface area (Å²) in [5, 5.41) is 8.06. The maximum absolute atomic E-state index is 8.06. The monoisotopic (exact) mass is 124 g/mol. The third-order valence-corrected chi connectivity index (χ3v) is 0. The van der Waals surface area contributed by atoms with Gasteiger partial charge in [0.1, 0.15) is 0 Å². The zero-order valence-corrected chi connectivity index (χ0v) is 7.16. The molecule has 0 amide bonds. The topological polar surface area (TPSA) is 20.2 Å². The van der Waals surface area contributed by atoms with Crippen LogP contribution in [0.2, 0.25) is 0 Å². The maximum atomic E-state index is 8.06. The van der Waals surface area contributed by atoms with Gasteiger partial charge in [0.2, 0.25) is 0 Å². The van der Waals surface area contributed by atoms with Crippen LogP contribution in [-0.2, 0) is 0 Å². The van der Waals surface area contributed by atoms with Gasteiger partial charge in [0.05, 0.1) is 0 Å². The highest BCUT2D eigenvalue weighted by atomic mass is 35.6. The molecule has 0 heterocycles. The fourth-order valence-corrected chi connectivity index (χ4v) is 0. The molecular weight excluding hydrogens is 114 g/mol. The summed E-state index contributed by atoms with van der Waals surface area (Å²) in [5.74, 6) is 0. The average Bonchev–Trinajstić information content (AvgIpc) is 1.41. The zero-order chi connectivity index (χ0) is 5.58. The van der Waals surface area contributed by atoms with E-state index < -0.39 is 0 Å². The molecule has 0 saturated carbocycles. The van der Waals surface area contributed by atoms with Gasteiger partial charge in [-0.25, -0.2) is 0 Å². The number of hydrogen-bond donors (Lipinski definition) is 1. The molecule has 0 aromatic heterocycles. The summed E-state index contributed by atoms with van der Waals surface area (Å²) in [7, 11) is 4.78. The van der Waals surface area contributed by atoms with Crippen LogP contribution in [0.25, 0.3) is 0 Å². The predicted octanol–water partition coefficient (Wildman–Crippen LogP) is 0.160. The highest BCUT2D eigenvalue weighted by molar-refractivity contribution is 6.80. The Balaban J connectivity index is 0. The van der Waals surface area contributed by atoms with E-state index in [1.807, 2.05) is 0 Å². The second-order valence-electron chi connectivity index (χ2n) is 1.09. The first kappa shape index (κ1) is 9.92. The lowest BCUT2D eigenvalue weighted by atomic mass is 10.5. The second kappa shape index (κ2) is 9.24. The van der Waals surface area contributed by atoms with Crippen molar-refractivity contribution in [3.63, 3.8) is 0 Å². The van der Waals surface area contributed by atoms with E-state index in [0.29, 0.717) is 0 Å². The van der Waals surface area contributed by atoms with Crippen molar-refractivity contribution in [1.29, 1.82) is 0 Å². The molecule has 38 valence electrons. The molecular formula is C3H10AlClO. The van der Waals surface area contributed by atoms with Gasteiger partial charge in [-0.15, -0.1) is 0 Å². The number of aliphatic hydroxyl groups is 1. The van der Waals surface area contributed by atoms with Gasteiger partial charge in [0.15, 0.2) is 0 Å². The fourth-order valence-electron chi connectivity index (χ4n) is 0. The van der Waals surface area contributed by atoms with Crippen LogP contribution in [-0.4, -0.2) is 26.6 Å². The quantitative estimate of drug-likeness (QED) is 0.456. The van der Waals surface area contributed by atoms with Crippen LogP contribution in [0.1, 0.15) is 13.8 Å². The van der Waals surface area contributed by atoms with Crippen LogP contribution in [0, 0.1) is 0 Å². The summed E-state index contributed by atoms with van der Waals surface area (Å²) in [5.41, 5.74) is 0. The van der Waals surface area contributed by atoms with Gasteiger partial charge >= 0.3 is 15.4 Å². The molecule has 0 aliphatic carbocycles. The molecule has 0 bridgehead atoms. The average molecular weight is 125 g/mol. The van der Waals surface area contributed by atoms with Crippen molar-refractivity contribution < 1.29 is 5.11 Å². The lowest BCUT2D eigenvalue weighted by Crippen LogP contribution is -1.85. The number of rotatable bonds is 0. The molecule has 0 fully saturated rings. The van der Waals surface area contributed by atoms with E-state index >= 15 is 0 Å². The molecule has 1 N–H and O–H groups in total. The molecule has 6 heavy (non-hydrogen) atoms. The Morgan fingerprint density at radius 2 is 1.50 bits per heavy atom. The highest BCUT2D eigenvalue weighted by Crippen LogP contribution is 1.65. The summed E-state index contributed by atoms with van der Waals surface area (Å²) in [6, 6.07) is 0. The third kappa shape index (κ3) is 112. The van der Waals surface area contributed by atoms with Crippen LogP contribution in [0.5, 0.6) is 0 Å². The van der Waals surface area contributed by atoms with Gasteiger partial charge in [-0.3, -0.25) is 10.0 Å². The Morgan fingerprint density at radius 3 is 1.50 bits per heavy atom. The van der Waals surface area contributed by atoms with Crippen molar-refractivity contribution >= 4 is 25.4 Å². The molecule has 0 aromatic carbocycles. The summed E-state index contributed by atoms with van der Waals surface area (Å²) < 4.78 is 0. The third-order valence-electron chi connectivity index (χ3n) is 0. The molecule has 0 saturated heterocycles. The molecule has 0 atom stereocenters. The van der Waals surface area contributed by atoms with Crippen LogP contribution in [0.4, 0.5) is 0 Å². The number of halogens is 1. The standard InChI is InChI=1S/C3H8O.Al.ClH.2H/c1-3(2)4;;;;/h3-4H,1-2H3;;1H;;/q;+1;;;/p-1. The number of hydrogen-bond acceptors (Lipinski definition) is 1. The molecule has 1 nitrogen and oxygen atoms in total. The van der Waals surface area contributed by atoms with E-state index in [-0.39, 0.29) is 6.10 Å². The van der Waals surface area contributed by atoms with E-state index in [1.165, 1.54) is 0 Å². The second-order valence-corrected chi connectivity index (χ2v) is 1.09. The van der Waals surface area contributed by atoms with Crippen LogP contribution >= 0.6 is 10.0 Å². The van der Waals surface area contributed by atoms with Crippen molar-refractivity contribution in [2.24, 2.45) is 0 Å². The van der Waals surface area contributed by atoms with E-state index in [0.717, 1.165) is 15.4 Å². The van der Waals surface area contributed by atoms with E-state index in [1.54, 1.807) is 13.8 Å². The molecule has 3 heteroatoms. The maximum Gasteiger partial charge on any atom is 0.353 e. The van der Waals surface area contributed by atoms with Gasteiger partial charge in [0, 0.05) is 6.10 Å². The van der Waals surface area contributed by atoms with Crippen molar-refractivity contribution in [2.75, 3.05) is 0 Å². The molecule has 0 radical (unpaired) electrons. The van der Waals surface area contributed by atoms with Crippen LogP contribution in [0.3, 0.4) is 0 Å². The Bertz CT molecular complexity index is 15.5. The van der Waals surface area contributed by atoms with Gasteiger partial charge in [0.25, 0.3) is 0 Å². The van der Waals surface area contributed by atoms with Crippen LogP contribution in [0.15, 0.2) is 0 Å². The summed E-state index contributed by atoms with van der Waals surface area (Å²) >= 11 is 0.778. The van der Waals surface area contributed by atoms with Gasteiger partial charge in [-0.1, -0.05) is 0 Å². The minimum Gasteiger partial charge on any atom is -0.394 e. The predicted molar refractivity (Wildman–Crippen MR) is 31.8 cm³/mol. The lowest BCUT2D eigenvalue weighted by molar-refractivity contribution is 0.216. The highest BCUT2D eigenvalue weighted by Gasteiger charge is 1.69. The Hall–Kier alpha value is 0.782.